The average Bonchev–Trinajstić information content (AvgIpc) is 2.95. The molecular formula is C34H36N2O2. The molecule has 0 heterocycles. The molecule has 0 spiro atoms. The number of nitrogens with one attached hydrogen (secondary N) is 1. The van der Waals surface area contributed by atoms with E-state index >= 15 is 0 Å². The van der Waals surface area contributed by atoms with Crippen molar-refractivity contribution in [2.75, 3.05) is 6.54 Å². The van der Waals surface area contributed by atoms with Crippen LogP contribution in [0.25, 0.3) is 0 Å². The Balaban J connectivity index is 1.72. The van der Waals surface area contributed by atoms with Gasteiger partial charge in [-0.2, -0.15) is 0 Å². The number of likely N-dealkylation sites (N-methyl/N-ethyl adjacent to an activating group) is 1. The molecule has 2 amide bonds. The molecule has 0 saturated carbocycles. The highest BCUT2D eigenvalue weighted by molar-refractivity contribution is 5.88. The summed E-state index contributed by atoms with van der Waals surface area (Å²) in [4.78, 5) is 29.5. The predicted octanol–water partition coefficient (Wildman–Crippen LogP) is 6.29. The molecule has 0 aromatic heterocycles. The molecule has 4 rings (SSSR count). The number of amides is 2. The average molecular weight is 505 g/mol. The van der Waals surface area contributed by atoms with Crippen LogP contribution < -0.4 is 5.32 Å². The van der Waals surface area contributed by atoms with E-state index in [1.54, 1.807) is 4.90 Å². The molecule has 0 bridgehead atoms. The van der Waals surface area contributed by atoms with Gasteiger partial charge in [0.1, 0.15) is 6.04 Å². The van der Waals surface area contributed by atoms with Crippen LogP contribution in [-0.2, 0) is 22.6 Å². The van der Waals surface area contributed by atoms with E-state index in [0.29, 0.717) is 19.5 Å². The first-order chi connectivity index (χ1) is 18.5. The molecule has 0 aliphatic carbocycles. The molecule has 0 saturated heterocycles. The zero-order chi connectivity index (χ0) is 26.7. The summed E-state index contributed by atoms with van der Waals surface area (Å²) in [5.41, 5.74) is 5.32. The van der Waals surface area contributed by atoms with Crippen LogP contribution in [0.4, 0.5) is 0 Å². The van der Waals surface area contributed by atoms with Crippen molar-refractivity contribution in [3.63, 3.8) is 0 Å². The molecule has 4 heteroatoms. The van der Waals surface area contributed by atoms with E-state index in [2.05, 4.69) is 35.6 Å². The van der Waals surface area contributed by atoms with Crippen molar-refractivity contribution in [2.24, 2.45) is 0 Å². The van der Waals surface area contributed by atoms with Gasteiger partial charge in [0.25, 0.3) is 0 Å². The molecule has 194 valence electrons. The molecule has 1 atom stereocenters. The number of carbonyl (C=O) groups excluding carboxylic acids is 2. The Hall–Kier alpha value is -4.18. The fourth-order valence-electron chi connectivity index (χ4n) is 4.94. The number of hydrogen-bond donors (Lipinski definition) is 1. The molecule has 1 N–H and O–H groups in total. The van der Waals surface area contributed by atoms with Gasteiger partial charge in [0.05, 0.1) is 0 Å². The maximum atomic E-state index is 14.3. The number of hydrogen-bond acceptors (Lipinski definition) is 2. The summed E-state index contributed by atoms with van der Waals surface area (Å²) >= 11 is 0. The van der Waals surface area contributed by atoms with Crippen molar-refractivity contribution < 1.29 is 9.59 Å². The molecule has 38 heavy (non-hydrogen) atoms. The minimum atomic E-state index is -0.627. The van der Waals surface area contributed by atoms with E-state index in [1.165, 1.54) is 0 Å². The van der Waals surface area contributed by atoms with Crippen LogP contribution in [0.15, 0.2) is 115 Å². The number of benzene rings is 4. The van der Waals surface area contributed by atoms with Crippen LogP contribution >= 0.6 is 0 Å². The lowest BCUT2D eigenvalue weighted by Crippen LogP contribution is -2.50. The van der Waals surface area contributed by atoms with Gasteiger partial charge < -0.3 is 10.2 Å². The van der Waals surface area contributed by atoms with Gasteiger partial charge in [-0.05, 0) is 36.1 Å². The SMILES string of the molecule is CCNC(=O)[C@H](Cc1ccccc1)N(Cc1cccc(C)c1)C(=O)CC(c1ccccc1)c1ccccc1. The number of rotatable bonds is 11. The Morgan fingerprint density at radius 3 is 1.84 bits per heavy atom. The second kappa shape index (κ2) is 13.4. The standard InChI is InChI=1S/C34H36N2O2/c1-3-35-34(38)32(23-27-15-7-4-8-16-27)36(25-28-17-13-14-26(2)22-28)33(37)24-31(29-18-9-5-10-19-29)30-20-11-6-12-21-30/h4-22,31-32H,3,23-25H2,1-2H3,(H,35,38)/t32-/m0/s1. The molecular weight excluding hydrogens is 468 g/mol. The Bertz CT molecular complexity index is 1270. The van der Waals surface area contributed by atoms with E-state index in [0.717, 1.165) is 27.8 Å². The summed E-state index contributed by atoms with van der Waals surface area (Å²) in [6, 6.07) is 37.7. The van der Waals surface area contributed by atoms with Gasteiger partial charge in [-0.3, -0.25) is 9.59 Å². The second-order valence-electron chi connectivity index (χ2n) is 9.69. The van der Waals surface area contributed by atoms with Gasteiger partial charge in [0.2, 0.25) is 11.8 Å². The van der Waals surface area contributed by atoms with Crippen molar-refractivity contribution in [3.05, 3.63) is 143 Å². The maximum Gasteiger partial charge on any atom is 0.243 e. The highest BCUT2D eigenvalue weighted by atomic mass is 16.2. The van der Waals surface area contributed by atoms with Crippen LogP contribution in [0.5, 0.6) is 0 Å². The molecule has 0 unspecified atom stereocenters. The smallest absolute Gasteiger partial charge is 0.243 e. The summed E-state index contributed by atoms with van der Waals surface area (Å²) < 4.78 is 0. The van der Waals surface area contributed by atoms with E-state index in [1.807, 2.05) is 98.8 Å². The largest absolute Gasteiger partial charge is 0.355 e. The normalized spacial score (nSPS) is 11.7. The molecule has 4 aromatic carbocycles. The minimum absolute atomic E-state index is 0.0450. The third-order valence-electron chi connectivity index (χ3n) is 6.84. The molecule has 0 aliphatic heterocycles. The highest BCUT2D eigenvalue weighted by Gasteiger charge is 2.32. The van der Waals surface area contributed by atoms with Gasteiger partial charge >= 0.3 is 0 Å². The quantitative estimate of drug-likeness (QED) is 0.261. The number of nitrogens with zero attached hydrogens (tertiary/aromatic N) is 1. The Morgan fingerprint density at radius 1 is 0.737 bits per heavy atom. The fraction of sp³-hybridized carbons (Fsp3) is 0.235. The Kier molecular flexibility index (Phi) is 9.47. The minimum Gasteiger partial charge on any atom is -0.355 e. The van der Waals surface area contributed by atoms with Gasteiger partial charge in [-0.1, -0.05) is 121 Å². The number of aryl methyl sites for hydroxylation is 1. The first-order valence-corrected chi connectivity index (χ1v) is 13.3. The fourth-order valence-corrected chi connectivity index (χ4v) is 4.94. The molecule has 4 aromatic rings. The zero-order valence-electron chi connectivity index (χ0n) is 22.2. The van der Waals surface area contributed by atoms with Gasteiger partial charge in [-0.25, -0.2) is 0 Å². The third kappa shape index (κ3) is 7.19. The summed E-state index contributed by atoms with van der Waals surface area (Å²) in [6.45, 7) is 4.82. The van der Waals surface area contributed by atoms with Crippen LogP contribution in [0.1, 0.15) is 47.1 Å². The van der Waals surface area contributed by atoms with Crippen molar-refractivity contribution >= 4 is 11.8 Å². The van der Waals surface area contributed by atoms with Crippen LogP contribution in [0, 0.1) is 6.92 Å². The molecule has 0 radical (unpaired) electrons. The summed E-state index contributed by atoms with van der Waals surface area (Å²) in [5, 5.41) is 2.98. The van der Waals surface area contributed by atoms with Crippen LogP contribution in [0.3, 0.4) is 0 Å². The van der Waals surface area contributed by atoms with E-state index < -0.39 is 6.04 Å². The highest BCUT2D eigenvalue weighted by Crippen LogP contribution is 2.30. The molecule has 4 nitrogen and oxygen atoms in total. The Morgan fingerprint density at radius 2 is 1.29 bits per heavy atom. The van der Waals surface area contributed by atoms with Gasteiger partial charge in [0.15, 0.2) is 0 Å². The lowest BCUT2D eigenvalue weighted by molar-refractivity contribution is -0.141. The summed E-state index contributed by atoms with van der Waals surface area (Å²) in [6.07, 6.45) is 0.718. The summed E-state index contributed by atoms with van der Waals surface area (Å²) in [7, 11) is 0. The zero-order valence-corrected chi connectivity index (χ0v) is 22.2. The Labute approximate surface area is 226 Å². The lowest BCUT2D eigenvalue weighted by atomic mass is 9.87. The van der Waals surface area contributed by atoms with Crippen LogP contribution in [0.2, 0.25) is 0 Å². The predicted molar refractivity (Wildman–Crippen MR) is 154 cm³/mol. The maximum absolute atomic E-state index is 14.3. The lowest BCUT2D eigenvalue weighted by Gasteiger charge is -2.33. The topological polar surface area (TPSA) is 49.4 Å². The monoisotopic (exact) mass is 504 g/mol. The van der Waals surface area contributed by atoms with Crippen molar-refractivity contribution in [1.82, 2.24) is 10.2 Å². The molecule has 0 aliphatic rings. The molecule has 0 fully saturated rings. The van der Waals surface area contributed by atoms with E-state index in [9.17, 15) is 9.59 Å². The van der Waals surface area contributed by atoms with Gasteiger partial charge in [-0.15, -0.1) is 0 Å². The van der Waals surface area contributed by atoms with Gasteiger partial charge in [0, 0.05) is 31.8 Å². The first-order valence-electron chi connectivity index (χ1n) is 13.3. The van der Waals surface area contributed by atoms with E-state index in [4.69, 9.17) is 0 Å². The van der Waals surface area contributed by atoms with Crippen molar-refractivity contribution in [2.45, 2.75) is 45.2 Å². The first kappa shape index (κ1) is 26.9. The van der Waals surface area contributed by atoms with E-state index in [-0.39, 0.29) is 24.2 Å². The second-order valence-corrected chi connectivity index (χ2v) is 9.69. The number of carbonyl (C=O) groups is 2. The summed E-state index contributed by atoms with van der Waals surface area (Å²) in [5.74, 6) is -0.291. The third-order valence-corrected chi connectivity index (χ3v) is 6.84. The van der Waals surface area contributed by atoms with Crippen molar-refractivity contribution in [1.29, 1.82) is 0 Å². The van der Waals surface area contributed by atoms with Crippen molar-refractivity contribution in [3.8, 4) is 0 Å². The van der Waals surface area contributed by atoms with Crippen LogP contribution in [-0.4, -0.2) is 29.3 Å².